The Morgan fingerprint density at radius 3 is 2.44 bits per heavy atom. The lowest BCUT2D eigenvalue weighted by atomic mass is 9.86. The summed E-state index contributed by atoms with van der Waals surface area (Å²) in [5.41, 5.74) is 1.88. The highest BCUT2D eigenvalue weighted by Gasteiger charge is 2.41. The topological polar surface area (TPSA) is 51.2 Å². The fourth-order valence-corrected chi connectivity index (χ4v) is 5.43. The number of carbonyl (C=O) groups excluding carboxylic acids is 1. The standard InChI is InChI=1S/C25H39N5O.HI/c1-28(2)23(31)18-26-24(30-17-14-25(20-30)12-6-7-13-25)27-22-10-15-29(16-11-22)19-21-8-4-3-5-9-21;/h3-5,8-9,22H,6-7,10-20H2,1-2H3,(H,26,27);1H. The van der Waals surface area contributed by atoms with Crippen molar-refractivity contribution in [3.8, 4) is 0 Å². The first-order valence-electron chi connectivity index (χ1n) is 12.1. The molecular formula is C25H40IN5O. The second-order valence-corrected chi connectivity index (χ2v) is 9.99. The fraction of sp³-hybridized carbons (Fsp3) is 0.680. The molecule has 3 aliphatic rings. The molecule has 1 aromatic carbocycles. The number of nitrogens with zero attached hydrogens (tertiary/aromatic N) is 4. The maximum absolute atomic E-state index is 12.2. The molecular weight excluding hydrogens is 513 g/mol. The first-order chi connectivity index (χ1) is 15.0. The second kappa shape index (κ2) is 11.7. The molecule has 1 spiro atoms. The third-order valence-electron chi connectivity index (χ3n) is 7.43. The lowest BCUT2D eigenvalue weighted by Crippen LogP contribution is -2.50. The summed E-state index contributed by atoms with van der Waals surface area (Å²) in [4.78, 5) is 23.6. The van der Waals surface area contributed by atoms with Crippen LogP contribution in [0.1, 0.15) is 50.5 Å². The third kappa shape index (κ3) is 6.59. The van der Waals surface area contributed by atoms with Crippen molar-refractivity contribution in [3.63, 3.8) is 0 Å². The van der Waals surface area contributed by atoms with Gasteiger partial charge in [0, 0.05) is 52.9 Å². The van der Waals surface area contributed by atoms with Gasteiger partial charge in [0.25, 0.3) is 0 Å². The Morgan fingerprint density at radius 1 is 1.09 bits per heavy atom. The number of rotatable bonds is 5. The van der Waals surface area contributed by atoms with E-state index < -0.39 is 0 Å². The number of piperidine rings is 1. The van der Waals surface area contributed by atoms with Gasteiger partial charge in [-0.2, -0.15) is 0 Å². The summed E-state index contributed by atoms with van der Waals surface area (Å²) >= 11 is 0. The molecule has 1 aliphatic carbocycles. The molecule has 3 fully saturated rings. The van der Waals surface area contributed by atoms with Crippen molar-refractivity contribution >= 4 is 35.8 Å². The van der Waals surface area contributed by atoms with Gasteiger partial charge in [0.2, 0.25) is 5.91 Å². The second-order valence-electron chi connectivity index (χ2n) is 9.99. The first-order valence-corrected chi connectivity index (χ1v) is 12.1. The van der Waals surface area contributed by atoms with E-state index in [0.29, 0.717) is 11.5 Å². The number of hydrogen-bond acceptors (Lipinski definition) is 3. The van der Waals surface area contributed by atoms with Crippen molar-refractivity contribution in [3.05, 3.63) is 35.9 Å². The van der Waals surface area contributed by atoms with Crippen LogP contribution in [0.15, 0.2) is 35.3 Å². The molecule has 2 heterocycles. The number of aliphatic imine (C=N–C) groups is 1. The summed E-state index contributed by atoms with van der Waals surface area (Å²) in [5, 5.41) is 3.76. The van der Waals surface area contributed by atoms with Crippen LogP contribution < -0.4 is 5.32 Å². The zero-order valence-electron chi connectivity index (χ0n) is 19.8. The molecule has 4 rings (SSSR count). The molecule has 1 aromatic rings. The molecule has 1 N–H and O–H groups in total. The zero-order chi connectivity index (χ0) is 21.7. The zero-order valence-corrected chi connectivity index (χ0v) is 22.1. The Morgan fingerprint density at radius 2 is 1.78 bits per heavy atom. The van der Waals surface area contributed by atoms with Crippen LogP contribution in [0.2, 0.25) is 0 Å². The molecule has 0 atom stereocenters. The van der Waals surface area contributed by atoms with Gasteiger partial charge in [0.15, 0.2) is 5.96 Å². The van der Waals surface area contributed by atoms with Gasteiger partial charge in [-0.05, 0) is 43.1 Å². The van der Waals surface area contributed by atoms with Crippen molar-refractivity contribution in [1.82, 2.24) is 20.0 Å². The predicted octanol–water partition coefficient (Wildman–Crippen LogP) is 3.57. The number of likely N-dealkylation sites (N-methyl/N-ethyl adjacent to an activating group) is 1. The van der Waals surface area contributed by atoms with Gasteiger partial charge in [-0.1, -0.05) is 43.2 Å². The van der Waals surface area contributed by atoms with Crippen LogP contribution in [0.3, 0.4) is 0 Å². The van der Waals surface area contributed by atoms with Crippen molar-refractivity contribution in [1.29, 1.82) is 0 Å². The van der Waals surface area contributed by atoms with E-state index in [2.05, 4.69) is 45.4 Å². The Hall–Kier alpha value is -1.35. The Bertz CT molecular complexity index is 755. The summed E-state index contributed by atoms with van der Waals surface area (Å²) in [6.45, 7) is 5.61. The molecule has 0 aromatic heterocycles. The number of carbonyl (C=O) groups is 1. The largest absolute Gasteiger partial charge is 0.353 e. The lowest BCUT2D eigenvalue weighted by molar-refractivity contribution is -0.127. The number of guanidine groups is 1. The predicted molar refractivity (Wildman–Crippen MR) is 141 cm³/mol. The van der Waals surface area contributed by atoms with Crippen molar-refractivity contribution in [2.24, 2.45) is 10.4 Å². The quantitative estimate of drug-likeness (QED) is 0.344. The van der Waals surface area contributed by atoms with Gasteiger partial charge in [0.1, 0.15) is 6.54 Å². The molecule has 32 heavy (non-hydrogen) atoms. The Labute approximate surface area is 210 Å². The maximum Gasteiger partial charge on any atom is 0.243 e. The van der Waals surface area contributed by atoms with Gasteiger partial charge in [-0.25, -0.2) is 4.99 Å². The van der Waals surface area contributed by atoms with Gasteiger partial charge in [-0.15, -0.1) is 24.0 Å². The molecule has 2 aliphatic heterocycles. The van der Waals surface area contributed by atoms with E-state index in [1.54, 1.807) is 19.0 Å². The summed E-state index contributed by atoms with van der Waals surface area (Å²) in [6, 6.07) is 11.2. The summed E-state index contributed by atoms with van der Waals surface area (Å²) in [7, 11) is 3.60. The van der Waals surface area contributed by atoms with Crippen LogP contribution >= 0.6 is 24.0 Å². The number of amides is 1. The maximum atomic E-state index is 12.2. The average Bonchev–Trinajstić information content (AvgIpc) is 3.42. The number of nitrogens with one attached hydrogen (secondary N) is 1. The van der Waals surface area contributed by atoms with Crippen LogP contribution in [0, 0.1) is 5.41 Å². The molecule has 0 unspecified atom stereocenters. The summed E-state index contributed by atoms with van der Waals surface area (Å²) < 4.78 is 0. The number of halogens is 1. The van der Waals surface area contributed by atoms with Gasteiger partial charge >= 0.3 is 0 Å². The van der Waals surface area contributed by atoms with Crippen molar-refractivity contribution in [2.45, 2.75) is 57.5 Å². The van der Waals surface area contributed by atoms with Gasteiger partial charge < -0.3 is 15.1 Å². The number of benzene rings is 1. The number of likely N-dealkylation sites (tertiary alicyclic amines) is 2. The smallest absolute Gasteiger partial charge is 0.243 e. The van der Waals surface area contributed by atoms with E-state index in [1.807, 2.05) is 0 Å². The van der Waals surface area contributed by atoms with Crippen molar-refractivity contribution < 1.29 is 4.79 Å². The monoisotopic (exact) mass is 553 g/mol. The van der Waals surface area contributed by atoms with Crippen LogP contribution in [-0.2, 0) is 11.3 Å². The molecule has 1 saturated carbocycles. The van der Waals surface area contributed by atoms with Gasteiger partial charge in [0.05, 0.1) is 0 Å². The third-order valence-corrected chi connectivity index (χ3v) is 7.43. The van der Waals surface area contributed by atoms with Crippen LogP contribution in [0.5, 0.6) is 0 Å². The van der Waals surface area contributed by atoms with E-state index in [0.717, 1.165) is 51.5 Å². The van der Waals surface area contributed by atoms with Crippen LogP contribution in [-0.4, -0.2) is 79.4 Å². The van der Waals surface area contributed by atoms with E-state index in [4.69, 9.17) is 4.99 Å². The van der Waals surface area contributed by atoms with Crippen LogP contribution in [0.25, 0.3) is 0 Å². The van der Waals surface area contributed by atoms with Crippen molar-refractivity contribution in [2.75, 3.05) is 46.8 Å². The first kappa shape index (κ1) is 25.3. The Kier molecular flexibility index (Phi) is 9.22. The van der Waals surface area contributed by atoms with E-state index in [-0.39, 0.29) is 36.4 Å². The summed E-state index contributed by atoms with van der Waals surface area (Å²) in [6.07, 6.45) is 8.94. The average molecular weight is 554 g/mol. The molecule has 178 valence electrons. The van der Waals surface area contributed by atoms with Crippen LogP contribution in [0.4, 0.5) is 0 Å². The van der Waals surface area contributed by atoms with E-state index in [1.165, 1.54) is 37.7 Å². The minimum absolute atomic E-state index is 0. The van der Waals surface area contributed by atoms with Gasteiger partial charge in [-0.3, -0.25) is 9.69 Å². The summed E-state index contributed by atoms with van der Waals surface area (Å²) in [5.74, 6) is 1.02. The van der Waals surface area contributed by atoms with E-state index >= 15 is 0 Å². The molecule has 7 heteroatoms. The normalized spacial score (nSPS) is 21.6. The highest BCUT2D eigenvalue weighted by Crippen LogP contribution is 2.45. The fourth-order valence-electron chi connectivity index (χ4n) is 5.43. The number of hydrogen-bond donors (Lipinski definition) is 1. The SMILES string of the molecule is CN(C)C(=O)CN=C(NC1CCN(Cc2ccccc2)CC1)N1CCC2(CCCC2)C1.I. The van der Waals surface area contributed by atoms with E-state index in [9.17, 15) is 4.79 Å². The molecule has 2 saturated heterocycles. The molecule has 0 bridgehead atoms. The molecule has 6 nitrogen and oxygen atoms in total. The minimum atomic E-state index is 0. The Balaban J connectivity index is 0.00000289. The lowest BCUT2D eigenvalue weighted by Gasteiger charge is -2.35. The molecule has 0 radical (unpaired) electrons. The minimum Gasteiger partial charge on any atom is -0.353 e. The molecule has 1 amide bonds. The highest BCUT2D eigenvalue weighted by molar-refractivity contribution is 14.0. The highest BCUT2D eigenvalue weighted by atomic mass is 127.